The second kappa shape index (κ2) is 8.89. The van der Waals surface area contributed by atoms with E-state index in [1.165, 1.54) is 51.3 Å². The Morgan fingerprint density at radius 2 is 1.94 bits per heavy atom. The highest BCUT2D eigenvalue weighted by atomic mass is 32.2. The van der Waals surface area contributed by atoms with Crippen LogP contribution in [0.4, 0.5) is 0 Å². The summed E-state index contributed by atoms with van der Waals surface area (Å²) in [6, 6.07) is 7.83. The number of hydrogen-bond donors (Lipinski definition) is 0. The quantitative estimate of drug-likeness (QED) is 0.262. The number of aromatic nitrogens is 4. The molecule has 0 radical (unpaired) electrons. The fourth-order valence-electron chi connectivity index (χ4n) is 6.37. The first-order valence-electron chi connectivity index (χ1n) is 12.6. The van der Waals surface area contributed by atoms with Gasteiger partial charge < -0.3 is 14.0 Å². The van der Waals surface area contributed by atoms with Crippen molar-refractivity contribution in [3.8, 4) is 0 Å². The zero-order chi connectivity index (χ0) is 24.0. The fraction of sp³-hybridized carbons (Fsp3) is 0.556. The first kappa shape index (κ1) is 23.0. The number of methoxy groups -OCH3 is 1. The van der Waals surface area contributed by atoms with Gasteiger partial charge in [-0.2, -0.15) is 0 Å². The van der Waals surface area contributed by atoms with Crippen LogP contribution in [0, 0.1) is 5.41 Å². The molecule has 2 aromatic heterocycles. The monoisotopic (exact) mass is 492 g/mol. The predicted molar refractivity (Wildman–Crippen MR) is 135 cm³/mol. The maximum absolute atomic E-state index is 12.2. The summed E-state index contributed by atoms with van der Waals surface area (Å²) < 4.78 is 13.1. The van der Waals surface area contributed by atoms with E-state index in [0.717, 1.165) is 48.0 Å². The van der Waals surface area contributed by atoms with Crippen LogP contribution < -0.4 is 0 Å². The molecule has 1 aliphatic heterocycles. The molecule has 35 heavy (non-hydrogen) atoms. The summed E-state index contributed by atoms with van der Waals surface area (Å²) in [6.07, 6.45) is 13.3. The molecule has 1 atom stereocenters. The van der Waals surface area contributed by atoms with Crippen LogP contribution >= 0.6 is 11.8 Å². The average Bonchev–Trinajstić information content (AvgIpc) is 3.22. The zero-order valence-corrected chi connectivity index (χ0v) is 21.3. The number of carbonyl (C=O) groups excluding carboxylic acids is 1. The van der Waals surface area contributed by atoms with Crippen LogP contribution in [0.1, 0.15) is 66.8 Å². The van der Waals surface area contributed by atoms with Crippen LogP contribution in [0.3, 0.4) is 0 Å². The Bertz CT molecular complexity index is 1240. The molecule has 0 N–H and O–H groups in total. The fourth-order valence-corrected chi connectivity index (χ4v) is 6.73. The number of imidazole rings is 1. The maximum atomic E-state index is 12.2. The summed E-state index contributed by atoms with van der Waals surface area (Å²) in [6.45, 7) is 1.61. The SMILES string of the molecule is COC(=O)c1ccc2nc(CC34CCC(c5ccnc(SC)n5)(CC3)CC4)n(C[C@@H]3CCO3)c2c1. The Hall–Kier alpha value is -2.45. The number of fused-ring (bicyclic) bond motifs is 4. The first-order valence-corrected chi connectivity index (χ1v) is 13.8. The molecule has 0 spiro atoms. The van der Waals surface area contributed by atoms with E-state index < -0.39 is 0 Å². The van der Waals surface area contributed by atoms with E-state index in [4.69, 9.17) is 19.4 Å². The first-order chi connectivity index (χ1) is 17.0. The molecule has 7 rings (SSSR count). The molecular weight excluding hydrogens is 460 g/mol. The van der Waals surface area contributed by atoms with Crippen molar-refractivity contribution in [2.75, 3.05) is 20.0 Å². The largest absolute Gasteiger partial charge is 0.465 e. The van der Waals surface area contributed by atoms with E-state index in [-0.39, 0.29) is 22.9 Å². The third-order valence-electron chi connectivity index (χ3n) is 8.72. The molecule has 4 aliphatic rings. The molecule has 0 amide bonds. The summed E-state index contributed by atoms with van der Waals surface area (Å²) in [5, 5.41) is 0.873. The molecular formula is C27H32N4O3S. The molecule has 3 aromatic rings. The topological polar surface area (TPSA) is 79.1 Å². The van der Waals surface area contributed by atoms with Crippen LogP contribution in [0.25, 0.3) is 11.0 Å². The van der Waals surface area contributed by atoms with Crippen LogP contribution in [0.5, 0.6) is 0 Å². The Morgan fingerprint density at radius 1 is 1.17 bits per heavy atom. The summed E-state index contributed by atoms with van der Waals surface area (Å²) in [7, 11) is 1.42. The van der Waals surface area contributed by atoms with Crippen LogP contribution in [-0.4, -0.2) is 51.6 Å². The van der Waals surface area contributed by atoms with Gasteiger partial charge in [0.1, 0.15) is 5.82 Å². The second-order valence-electron chi connectivity index (χ2n) is 10.5. The number of rotatable bonds is 7. The summed E-state index contributed by atoms with van der Waals surface area (Å²) in [5.41, 5.74) is 4.22. The molecule has 1 aromatic carbocycles. The molecule has 184 valence electrons. The zero-order valence-electron chi connectivity index (χ0n) is 20.5. The van der Waals surface area contributed by atoms with Gasteiger partial charge >= 0.3 is 5.97 Å². The minimum Gasteiger partial charge on any atom is -0.465 e. The Labute approximate surface area is 210 Å². The third-order valence-corrected chi connectivity index (χ3v) is 9.28. The number of nitrogens with zero attached hydrogens (tertiary/aromatic N) is 4. The van der Waals surface area contributed by atoms with Crippen molar-refractivity contribution in [1.82, 2.24) is 19.5 Å². The predicted octanol–water partition coefficient (Wildman–Crippen LogP) is 4.96. The molecule has 3 aliphatic carbocycles. The minimum absolute atomic E-state index is 0.199. The molecule has 3 saturated carbocycles. The molecule has 1 saturated heterocycles. The summed E-state index contributed by atoms with van der Waals surface area (Å²) in [5.74, 6) is 0.809. The van der Waals surface area contributed by atoms with Crippen molar-refractivity contribution in [3.05, 3.63) is 47.5 Å². The number of hydrogen-bond acceptors (Lipinski definition) is 7. The van der Waals surface area contributed by atoms with Gasteiger partial charge in [0.25, 0.3) is 0 Å². The van der Waals surface area contributed by atoms with Gasteiger partial charge in [-0.15, -0.1) is 0 Å². The Balaban J connectivity index is 1.28. The second-order valence-corrected chi connectivity index (χ2v) is 11.3. The van der Waals surface area contributed by atoms with Gasteiger partial charge in [0.05, 0.1) is 42.0 Å². The van der Waals surface area contributed by atoms with E-state index in [1.807, 2.05) is 30.7 Å². The lowest BCUT2D eigenvalue weighted by Crippen LogP contribution is -2.46. The average molecular weight is 493 g/mol. The van der Waals surface area contributed by atoms with Gasteiger partial charge in [0, 0.05) is 24.6 Å². The lowest BCUT2D eigenvalue weighted by molar-refractivity contribution is -0.0594. The lowest BCUT2D eigenvalue weighted by Gasteiger charge is -2.53. The lowest BCUT2D eigenvalue weighted by atomic mass is 9.52. The van der Waals surface area contributed by atoms with Gasteiger partial charge in [-0.3, -0.25) is 0 Å². The van der Waals surface area contributed by atoms with E-state index >= 15 is 0 Å². The van der Waals surface area contributed by atoms with Crippen molar-refractivity contribution in [1.29, 1.82) is 0 Å². The normalized spacial score (nSPS) is 27.7. The third kappa shape index (κ3) is 4.04. The van der Waals surface area contributed by atoms with Gasteiger partial charge in [0.15, 0.2) is 5.16 Å². The van der Waals surface area contributed by atoms with E-state index in [1.54, 1.807) is 11.8 Å². The Kier molecular flexibility index (Phi) is 5.84. The van der Waals surface area contributed by atoms with E-state index in [0.29, 0.717) is 5.56 Å². The number of benzene rings is 1. The Morgan fingerprint density at radius 3 is 2.60 bits per heavy atom. The highest BCUT2D eigenvalue weighted by Crippen LogP contribution is 2.58. The van der Waals surface area contributed by atoms with Crippen molar-refractivity contribution in [3.63, 3.8) is 0 Å². The van der Waals surface area contributed by atoms with Crippen molar-refractivity contribution in [2.24, 2.45) is 5.41 Å². The standard InChI is InChI=1S/C27H32N4O3S/c1-33-24(32)18-3-4-20-21(15-18)31(17-19-6-14-34-19)23(29-20)16-26-7-10-27(11-8-26,12-9-26)22-5-13-28-25(30-22)35-2/h3-5,13,15,19H,6-12,14,16-17H2,1-2H3/t19-,26?,27?/m0/s1. The van der Waals surface area contributed by atoms with Gasteiger partial charge in [0.2, 0.25) is 0 Å². The van der Waals surface area contributed by atoms with Gasteiger partial charge in [-0.1, -0.05) is 11.8 Å². The van der Waals surface area contributed by atoms with Crippen molar-refractivity contribution in [2.45, 2.75) is 74.6 Å². The highest BCUT2D eigenvalue weighted by Gasteiger charge is 2.50. The van der Waals surface area contributed by atoms with Crippen molar-refractivity contribution >= 4 is 28.8 Å². The number of esters is 1. The van der Waals surface area contributed by atoms with Crippen LogP contribution in [-0.2, 0) is 27.9 Å². The molecule has 7 nitrogen and oxygen atoms in total. The summed E-state index contributed by atoms with van der Waals surface area (Å²) >= 11 is 1.62. The van der Waals surface area contributed by atoms with Crippen LogP contribution in [0.2, 0.25) is 0 Å². The molecule has 0 unspecified atom stereocenters. The van der Waals surface area contributed by atoms with Crippen LogP contribution in [0.15, 0.2) is 35.6 Å². The molecule has 2 bridgehead atoms. The van der Waals surface area contributed by atoms with Crippen molar-refractivity contribution < 1.29 is 14.3 Å². The maximum Gasteiger partial charge on any atom is 0.337 e. The summed E-state index contributed by atoms with van der Waals surface area (Å²) in [4.78, 5) is 26.6. The van der Waals surface area contributed by atoms with Gasteiger partial charge in [-0.05, 0) is 80.9 Å². The minimum atomic E-state index is -0.315. The number of thioether (sulfide) groups is 1. The van der Waals surface area contributed by atoms with E-state index in [2.05, 4.69) is 15.6 Å². The molecule has 3 heterocycles. The molecule has 8 heteroatoms. The molecule has 4 fully saturated rings. The van der Waals surface area contributed by atoms with E-state index in [9.17, 15) is 4.79 Å². The number of ether oxygens (including phenoxy) is 2. The van der Waals surface area contributed by atoms with Gasteiger partial charge in [-0.25, -0.2) is 19.7 Å². The highest BCUT2D eigenvalue weighted by molar-refractivity contribution is 7.98. The number of carbonyl (C=O) groups is 1. The smallest absolute Gasteiger partial charge is 0.337 e.